The van der Waals surface area contributed by atoms with Gasteiger partial charge >= 0.3 is 5.97 Å². The van der Waals surface area contributed by atoms with Gasteiger partial charge in [-0.3, -0.25) is 14.5 Å². The SMILES string of the molecule is CCOC(=O)C(C(c1ccccc1)c1ccc(C)cc1)N1C(=O)c2ccccc2C1=O. The summed E-state index contributed by atoms with van der Waals surface area (Å²) in [5, 5.41) is 0. The quantitative estimate of drug-likeness (QED) is 0.445. The fraction of sp³-hybridized carbons (Fsp3) is 0.192. The monoisotopic (exact) mass is 413 g/mol. The number of imide groups is 1. The van der Waals surface area contributed by atoms with Crippen LogP contribution in [0.5, 0.6) is 0 Å². The van der Waals surface area contributed by atoms with E-state index >= 15 is 0 Å². The van der Waals surface area contributed by atoms with Gasteiger partial charge in [-0.1, -0.05) is 72.3 Å². The van der Waals surface area contributed by atoms with Crippen LogP contribution in [0, 0.1) is 6.92 Å². The van der Waals surface area contributed by atoms with Crippen molar-refractivity contribution in [2.75, 3.05) is 6.61 Å². The molecule has 31 heavy (non-hydrogen) atoms. The van der Waals surface area contributed by atoms with E-state index in [2.05, 4.69) is 0 Å². The maximum absolute atomic E-state index is 13.3. The van der Waals surface area contributed by atoms with Crippen LogP contribution >= 0.6 is 0 Å². The van der Waals surface area contributed by atoms with Gasteiger partial charge in [0.15, 0.2) is 0 Å². The average molecular weight is 413 g/mol. The summed E-state index contributed by atoms with van der Waals surface area (Å²) in [5.41, 5.74) is 3.33. The van der Waals surface area contributed by atoms with E-state index in [0.29, 0.717) is 11.1 Å². The molecule has 0 N–H and O–H groups in total. The van der Waals surface area contributed by atoms with Crippen molar-refractivity contribution in [3.8, 4) is 0 Å². The van der Waals surface area contributed by atoms with E-state index < -0.39 is 29.7 Å². The number of rotatable bonds is 6. The van der Waals surface area contributed by atoms with E-state index in [1.807, 2.05) is 61.5 Å². The maximum atomic E-state index is 13.3. The molecule has 1 aliphatic heterocycles. The van der Waals surface area contributed by atoms with Crippen LogP contribution in [0.1, 0.15) is 50.2 Å². The first-order valence-electron chi connectivity index (χ1n) is 10.3. The molecule has 2 unspecified atom stereocenters. The predicted octanol–water partition coefficient (Wildman–Crippen LogP) is 4.35. The Morgan fingerprint density at radius 1 is 0.806 bits per heavy atom. The van der Waals surface area contributed by atoms with Gasteiger partial charge in [-0.15, -0.1) is 0 Å². The van der Waals surface area contributed by atoms with E-state index in [1.165, 1.54) is 0 Å². The Morgan fingerprint density at radius 3 is 1.87 bits per heavy atom. The number of esters is 1. The lowest BCUT2D eigenvalue weighted by molar-refractivity contribution is -0.148. The number of carbonyl (C=O) groups excluding carboxylic acids is 3. The minimum absolute atomic E-state index is 0.147. The Morgan fingerprint density at radius 2 is 1.32 bits per heavy atom. The van der Waals surface area contributed by atoms with Gasteiger partial charge in [0.1, 0.15) is 6.04 Å². The van der Waals surface area contributed by atoms with Crippen molar-refractivity contribution in [1.82, 2.24) is 4.90 Å². The zero-order valence-electron chi connectivity index (χ0n) is 17.4. The van der Waals surface area contributed by atoms with Crippen molar-refractivity contribution < 1.29 is 19.1 Å². The topological polar surface area (TPSA) is 63.7 Å². The van der Waals surface area contributed by atoms with E-state index in [4.69, 9.17) is 4.74 Å². The molecule has 1 heterocycles. The fourth-order valence-electron chi connectivity index (χ4n) is 4.07. The highest BCUT2D eigenvalue weighted by Crippen LogP contribution is 2.36. The van der Waals surface area contributed by atoms with Crippen molar-refractivity contribution in [3.05, 3.63) is 107 Å². The Hall–Kier alpha value is -3.73. The molecule has 2 amide bonds. The normalized spacial score (nSPS) is 14.8. The summed E-state index contributed by atoms with van der Waals surface area (Å²) in [4.78, 5) is 40.9. The van der Waals surface area contributed by atoms with Gasteiger partial charge in [0.25, 0.3) is 11.8 Å². The predicted molar refractivity (Wildman–Crippen MR) is 117 cm³/mol. The van der Waals surface area contributed by atoms with Gasteiger partial charge in [0, 0.05) is 5.92 Å². The van der Waals surface area contributed by atoms with Crippen molar-refractivity contribution in [3.63, 3.8) is 0 Å². The molecular formula is C26H23NO4. The van der Waals surface area contributed by atoms with Crippen molar-refractivity contribution in [1.29, 1.82) is 0 Å². The highest BCUT2D eigenvalue weighted by atomic mass is 16.5. The first-order chi connectivity index (χ1) is 15.0. The van der Waals surface area contributed by atoms with Gasteiger partial charge in [0.2, 0.25) is 0 Å². The second kappa shape index (κ2) is 8.56. The highest BCUT2D eigenvalue weighted by Gasteiger charge is 2.47. The Bertz CT molecular complexity index is 1090. The number of hydrogen-bond acceptors (Lipinski definition) is 4. The van der Waals surface area contributed by atoms with E-state index in [0.717, 1.165) is 21.6 Å². The van der Waals surface area contributed by atoms with Gasteiger partial charge in [-0.25, -0.2) is 4.79 Å². The average Bonchev–Trinajstić information content (AvgIpc) is 3.04. The second-order valence-electron chi connectivity index (χ2n) is 7.52. The summed E-state index contributed by atoms with van der Waals surface area (Å²) in [6, 6.07) is 22.7. The van der Waals surface area contributed by atoms with Crippen molar-refractivity contribution in [2.45, 2.75) is 25.8 Å². The third-order valence-corrected chi connectivity index (χ3v) is 5.54. The van der Waals surface area contributed by atoms with Crippen LogP contribution in [0.25, 0.3) is 0 Å². The molecule has 0 aliphatic carbocycles. The number of aryl methyl sites for hydroxylation is 1. The lowest BCUT2D eigenvalue weighted by Crippen LogP contribution is -2.49. The van der Waals surface area contributed by atoms with Gasteiger partial charge < -0.3 is 4.74 Å². The lowest BCUT2D eigenvalue weighted by Gasteiger charge is -2.32. The van der Waals surface area contributed by atoms with Crippen molar-refractivity contribution >= 4 is 17.8 Å². The highest BCUT2D eigenvalue weighted by molar-refractivity contribution is 6.22. The molecule has 5 heteroatoms. The third-order valence-electron chi connectivity index (χ3n) is 5.54. The van der Waals surface area contributed by atoms with Crippen LogP contribution in [-0.4, -0.2) is 35.3 Å². The molecule has 0 radical (unpaired) electrons. The zero-order valence-corrected chi connectivity index (χ0v) is 17.4. The molecule has 0 saturated carbocycles. The van der Waals surface area contributed by atoms with Gasteiger partial charge in [-0.2, -0.15) is 0 Å². The third kappa shape index (κ3) is 3.75. The van der Waals surface area contributed by atoms with Gasteiger partial charge in [-0.05, 0) is 37.1 Å². The molecule has 3 aromatic rings. The molecule has 3 aromatic carbocycles. The summed E-state index contributed by atoms with van der Waals surface area (Å²) in [5.74, 6) is -2.13. The number of ether oxygens (including phenoxy) is 1. The van der Waals surface area contributed by atoms with E-state index in [9.17, 15) is 14.4 Å². The first kappa shape index (κ1) is 20.5. The van der Waals surface area contributed by atoms with E-state index in [-0.39, 0.29) is 6.61 Å². The van der Waals surface area contributed by atoms with Crippen LogP contribution in [0.2, 0.25) is 0 Å². The summed E-state index contributed by atoms with van der Waals surface area (Å²) in [6.07, 6.45) is 0. The standard InChI is InChI=1S/C26H23NO4/c1-3-31-26(30)23(27-24(28)20-11-7-8-12-21(20)25(27)29)22(18-9-5-4-6-10-18)19-15-13-17(2)14-16-19/h4-16,22-23H,3H2,1-2H3. The summed E-state index contributed by atoms with van der Waals surface area (Å²) in [6.45, 7) is 3.84. The van der Waals surface area contributed by atoms with Crippen LogP contribution in [0.15, 0.2) is 78.9 Å². The number of amides is 2. The minimum atomic E-state index is -1.13. The first-order valence-corrected chi connectivity index (χ1v) is 10.3. The number of carbonyl (C=O) groups is 3. The molecule has 0 spiro atoms. The van der Waals surface area contributed by atoms with Crippen LogP contribution in [0.3, 0.4) is 0 Å². The molecule has 0 saturated heterocycles. The Labute approximate surface area is 181 Å². The number of benzene rings is 3. The second-order valence-corrected chi connectivity index (χ2v) is 7.52. The lowest BCUT2D eigenvalue weighted by atomic mass is 9.83. The number of fused-ring (bicyclic) bond motifs is 1. The largest absolute Gasteiger partial charge is 0.464 e. The smallest absolute Gasteiger partial charge is 0.330 e. The summed E-state index contributed by atoms with van der Waals surface area (Å²) >= 11 is 0. The Kier molecular flexibility index (Phi) is 5.67. The zero-order chi connectivity index (χ0) is 22.0. The molecule has 0 aromatic heterocycles. The number of nitrogens with zero attached hydrogens (tertiary/aromatic N) is 1. The maximum Gasteiger partial charge on any atom is 0.330 e. The Balaban J connectivity index is 1.89. The molecule has 2 atom stereocenters. The molecule has 5 nitrogen and oxygen atoms in total. The summed E-state index contributed by atoms with van der Waals surface area (Å²) < 4.78 is 5.37. The van der Waals surface area contributed by atoms with Crippen molar-refractivity contribution in [2.24, 2.45) is 0 Å². The molecule has 1 aliphatic rings. The summed E-state index contributed by atoms with van der Waals surface area (Å²) in [7, 11) is 0. The molecule has 0 fully saturated rings. The fourth-order valence-corrected chi connectivity index (χ4v) is 4.07. The molecule has 156 valence electrons. The molecular weight excluding hydrogens is 390 g/mol. The van der Waals surface area contributed by atoms with Crippen LogP contribution < -0.4 is 0 Å². The van der Waals surface area contributed by atoms with Crippen LogP contribution in [-0.2, 0) is 9.53 Å². The number of hydrogen-bond donors (Lipinski definition) is 0. The van der Waals surface area contributed by atoms with E-state index in [1.54, 1.807) is 31.2 Å². The molecule has 0 bridgehead atoms. The molecule has 4 rings (SSSR count). The van der Waals surface area contributed by atoms with Gasteiger partial charge in [0.05, 0.1) is 17.7 Å². The minimum Gasteiger partial charge on any atom is -0.464 e. The van der Waals surface area contributed by atoms with Crippen LogP contribution in [0.4, 0.5) is 0 Å².